The van der Waals surface area contributed by atoms with Crippen LogP contribution < -0.4 is 33.2 Å². The molecule has 10 N–H and O–H groups in total. The average molecular weight is 690 g/mol. The maximum atomic E-state index is 13.0. The van der Waals surface area contributed by atoms with E-state index in [1.165, 1.54) is 23.1 Å². The molecule has 0 bridgehead atoms. The summed E-state index contributed by atoms with van der Waals surface area (Å²) in [6, 6.07) is 18.7. The third-order valence-electron chi connectivity index (χ3n) is 7.74. The first-order valence-electron chi connectivity index (χ1n) is 15.5. The zero-order valence-corrected chi connectivity index (χ0v) is 27.4. The number of hydrogen-bond donors (Lipinski definition) is 7. The molecule has 1 fully saturated rings. The highest BCUT2D eigenvalue weighted by Gasteiger charge is 2.39. The highest BCUT2D eigenvalue weighted by Crippen LogP contribution is 2.27. The van der Waals surface area contributed by atoms with Gasteiger partial charge in [-0.05, 0) is 48.2 Å². The highest BCUT2D eigenvalue weighted by molar-refractivity contribution is 8.00. The summed E-state index contributed by atoms with van der Waals surface area (Å²) in [6.07, 6.45) is -0.0576. The van der Waals surface area contributed by atoms with Crippen molar-refractivity contribution in [3.8, 4) is 5.75 Å². The summed E-state index contributed by atoms with van der Waals surface area (Å²) < 4.78 is 0. The van der Waals surface area contributed by atoms with E-state index in [1.807, 2.05) is 30.3 Å². The molecular formula is C34H39N7O7S. The van der Waals surface area contributed by atoms with E-state index in [2.05, 4.69) is 16.0 Å². The van der Waals surface area contributed by atoms with Crippen LogP contribution in [0.1, 0.15) is 34.3 Å². The zero-order chi connectivity index (χ0) is 35.5. The van der Waals surface area contributed by atoms with Gasteiger partial charge in [-0.1, -0.05) is 54.6 Å². The van der Waals surface area contributed by atoms with E-state index >= 15 is 0 Å². The van der Waals surface area contributed by atoms with Crippen LogP contribution in [-0.4, -0.2) is 81.1 Å². The summed E-state index contributed by atoms with van der Waals surface area (Å²) in [4.78, 5) is 77.1. The van der Waals surface area contributed by atoms with Gasteiger partial charge in [0.2, 0.25) is 29.5 Å². The standard InChI is InChI=1S/C34H39N7O7S/c35-25(32(46)40-27(30(37)44)19-49-28-17-29(43)41(34(28)48)18-20-7-3-1-4-8-20)13-14-38-31(45)24-16-23(42)12-11-21(24)15-26(36)33(47)39-22-9-5-2-6-10-22/h1-12,16,25-28,42H,13-15,17-19,35-36H2,(H2,37,44)(H,38,45)(H,39,47)(H,40,46)/t25-,26-,27-,28?/m0/s1. The number of carbonyl (C=O) groups is 6. The van der Waals surface area contributed by atoms with Gasteiger partial charge in [-0.15, -0.1) is 11.8 Å². The third-order valence-corrected chi connectivity index (χ3v) is 9.04. The Morgan fingerprint density at radius 1 is 0.918 bits per heavy atom. The number of primary amides is 1. The molecule has 0 aliphatic carbocycles. The first-order valence-corrected chi connectivity index (χ1v) is 16.5. The highest BCUT2D eigenvalue weighted by atomic mass is 32.2. The Morgan fingerprint density at radius 3 is 2.27 bits per heavy atom. The first-order chi connectivity index (χ1) is 23.4. The topological polar surface area (TPSA) is 240 Å². The van der Waals surface area contributed by atoms with Crippen molar-refractivity contribution in [2.75, 3.05) is 17.6 Å². The molecule has 1 unspecified atom stereocenters. The second-order valence-electron chi connectivity index (χ2n) is 11.5. The van der Waals surface area contributed by atoms with Crippen LogP contribution in [0.3, 0.4) is 0 Å². The van der Waals surface area contributed by atoms with Crippen molar-refractivity contribution in [3.63, 3.8) is 0 Å². The lowest BCUT2D eigenvalue weighted by Gasteiger charge is -2.20. The third kappa shape index (κ3) is 10.4. The second kappa shape index (κ2) is 17.2. The quantitative estimate of drug-likeness (QED) is 0.102. The van der Waals surface area contributed by atoms with Crippen LogP contribution in [0.15, 0.2) is 78.9 Å². The molecule has 4 atom stereocenters. The van der Waals surface area contributed by atoms with Crippen LogP contribution in [0.2, 0.25) is 0 Å². The lowest BCUT2D eigenvalue weighted by Crippen LogP contribution is -2.52. The molecule has 3 aromatic rings. The summed E-state index contributed by atoms with van der Waals surface area (Å²) in [5, 5.41) is 17.1. The lowest BCUT2D eigenvalue weighted by molar-refractivity contribution is -0.139. The molecule has 0 radical (unpaired) electrons. The van der Waals surface area contributed by atoms with Crippen molar-refractivity contribution in [3.05, 3.63) is 95.6 Å². The molecule has 0 aromatic heterocycles. The number of aromatic hydroxyl groups is 1. The molecule has 1 aliphatic heterocycles. The van der Waals surface area contributed by atoms with Crippen molar-refractivity contribution < 1.29 is 33.9 Å². The van der Waals surface area contributed by atoms with Gasteiger partial charge in [-0.25, -0.2) is 0 Å². The summed E-state index contributed by atoms with van der Waals surface area (Å²) >= 11 is 1.05. The molecule has 1 saturated heterocycles. The molecule has 14 nitrogen and oxygen atoms in total. The number of thioether (sulfide) groups is 1. The largest absolute Gasteiger partial charge is 0.508 e. The molecular weight excluding hydrogens is 650 g/mol. The van der Waals surface area contributed by atoms with Crippen molar-refractivity contribution >= 4 is 52.9 Å². The van der Waals surface area contributed by atoms with E-state index in [0.29, 0.717) is 11.3 Å². The first kappa shape index (κ1) is 36.6. The van der Waals surface area contributed by atoms with Crippen LogP contribution in [0.5, 0.6) is 5.75 Å². The number of nitrogens with one attached hydrogen (secondary N) is 3. The molecule has 4 rings (SSSR count). The normalized spacial score (nSPS) is 16.0. The molecule has 49 heavy (non-hydrogen) atoms. The van der Waals surface area contributed by atoms with Crippen LogP contribution in [0.25, 0.3) is 0 Å². The number of phenolic OH excluding ortho intramolecular Hbond substituents is 1. The van der Waals surface area contributed by atoms with Crippen molar-refractivity contribution in [1.29, 1.82) is 0 Å². The van der Waals surface area contributed by atoms with Gasteiger partial charge in [0, 0.05) is 30.0 Å². The molecule has 0 saturated carbocycles. The van der Waals surface area contributed by atoms with Crippen molar-refractivity contribution in [1.82, 2.24) is 15.5 Å². The smallest absolute Gasteiger partial charge is 0.251 e. The summed E-state index contributed by atoms with van der Waals surface area (Å²) in [7, 11) is 0. The molecule has 258 valence electrons. The molecule has 1 aliphatic rings. The van der Waals surface area contributed by atoms with E-state index in [4.69, 9.17) is 17.2 Å². The summed E-state index contributed by atoms with van der Waals surface area (Å²) in [5.74, 6) is -3.52. The minimum Gasteiger partial charge on any atom is -0.508 e. The number of benzene rings is 3. The number of hydrogen-bond acceptors (Lipinski definition) is 10. The van der Waals surface area contributed by atoms with Crippen LogP contribution in [-0.2, 0) is 36.9 Å². The molecule has 1 heterocycles. The van der Waals surface area contributed by atoms with E-state index in [1.54, 1.807) is 30.3 Å². The van der Waals surface area contributed by atoms with Gasteiger partial charge in [0.1, 0.15) is 11.8 Å². The van der Waals surface area contributed by atoms with Gasteiger partial charge in [0.25, 0.3) is 5.91 Å². The molecule has 3 aromatic carbocycles. The molecule has 0 spiro atoms. The number of nitrogens with zero attached hydrogens (tertiary/aromatic N) is 1. The van der Waals surface area contributed by atoms with E-state index in [9.17, 15) is 33.9 Å². The predicted molar refractivity (Wildman–Crippen MR) is 184 cm³/mol. The van der Waals surface area contributed by atoms with Gasteiger partial charge in [-0.3, -0.25) is 33.7 Å². The lowest BCUT2D eigenvalue weighted by atomic mass is 9.99. The van der Waals surface area contributed by atoms with Gasteiger partial charge < -0.3 is 38.3 Å². The number of imide groups is 1. The molecule has 6 amide bonds. The Morgan fingerprint density at radius 2 is 1.59 bits per heavy atom. The fourth-order valence-electron chi connectivity index (χ4n) is 5.01. The number of rotatable bonds is 16. The summed E-state index contributed by atoms with van der Waals surface area (Å²) in [6.45, 7) is 0.0954. The van der Waals surface area contributed by atoms with Crippen LogP contribution >= 0.6 is 11.8 Å². The predicted octanol–water partition coefficient (Wildman–Crippen LogP) is 0.379. The Kier molecular flexibility index (Phi) is 12.9. The Hall–Kier alpha value is -5.25. The zero-order valence-electron chi connectivity index (χ0n) is 26.5. The van der Waals surface area contributed by atoms with Gasteiger partial charge in [0.05, 0.1) is 23.9 Å². The Balaban J connectivity index is 1.25. The number of likely N-dealkylation sites (tertiary alicyclic amines) is 1. The maximum absolute atomic E-state index is 13.0. The SMILES string of the molecule is NC(=O)[C@H](CSC1CC(=O)N(Cc2ccccc2)C1=O)NC(=O)[C@@H](N)CCNC(=O)c1cc(O)ccc1C[C@H](N)C(=O)Nc1ccccc1. The van der Waals surface area contributed by atoms with E-state index in [-0.39, 0.29) is 61.2 Å². The van der Waals surface area contributed by atoms with E-state index < -0.39 is 47.0 Å². The van der Waals surface area contributed by atoms with Crippen LogP contribution in [0.4, 0.5) is 5.69 Å². The second-order valence-corrected chi connectivity index (χ2v) is 12.7. The van der Waals surface area contributed by atoms with Crippen LogP contribution in [0, 0.1) is 0 Å². The number of phenols is 1. The maximum Gasteiger partial charge on any atom is 0.251 e. The monoisotopic (exact) mass is 689 g/mol. The number of nitrogens with two attached hydrogens (primary N) is 3. The van der Waals surface area contributed by atoms with Gasteiger partial charge in [0.15, 0.2) is 0 Å². The number of anilines is 1. The van der Waals surface area contributed by atoms with Gasteiger partial charge in [-0.2, -0.15) is 0 Å². The van der Waals surface area contributed by atoms with Crippen molar-refractivity contribution in [2.24, 2.45) is 17.2 Å². The van der Waals surface area contributed by atoms with Gasteiger partial charge >= 0.3 is 0 Å². The minimum absolute atomic E-state index is 0.00180. The Labute approximate surface area is 287 Å². The fourth-order valence-corrected chi connectivity index (χ4v) is 6.21. The summed E-state index contributed by atoms with van der Waals surface area (Å²) in [5.41, 5.74) is 19.5. The van der Waals surface area contributed by atoms with Crippen molar-refractivity contribution in [2.45, 2.75) is 49.2 Å². The number of amides is 6. The number of para-hydroxylation sites is 1. The minimum atomic E-state index is -1.16. The number of carbonyl (C=O) groups excluding carboxylic acids is 6. The molecule has 15 heteroatoms. The average Bonchev–Trinajstić information content (AvgIpc) is 3.35. The Bertz CT molecular complexity index is 1680. The fraction of sp³-hybridized carbons (Fsp3) is 0.294. The van der Waals surface area contributed by atoms with E-state index in [0.717, 1.165) is 17.3 Å².